The molecule has 1 heterocycles. The van der Waals surface area contributed by atoms with E-state index in [1.54, 1.807) is 6.07 Å². The van der Waals surface area contributed by atoms with Gasteiger partial charge in [-0.15, -0.1) is 0 Å². The number of fused-ring (bicyclic) bond motifs is 1. The van der Waals surface area contributed by atoms with Crippen molar-refractivity contribution in [1.82, 2.24) is 10.2 Å². The predicted octanol–water partition coefficient (Wildman–Crippen LogP) is 4.91. The second-order valence-corrected chi connectivity index (χ2v) is 10.0. The summed E-state index contributed by atoms with van der Waals surface area (Å²) in [7, 11) is 0. The molecule has 172 valence electrons. The van der Waals surface area contributed by atoms with Crippen LogP contribution in [-0.4, -0.2) is 34.8 Å². The van der Waals surface area contributed by atoms with Crippen LogP contribution in [0.5, 0.6) is 0 Å². The van der Waals surface area contributed by atoms with Crippen molar-refractivity contribution >= 4 is 46.9 Å². The molecule has 5 rings (SSSR count). The third-order valence-electron chi connectivity index (χ3n) is 6.18. The lowest BCUT2D eigenvalue weighted by molar-refractivity contribution is -0.134. The monoisotopic (exact) mass is 491 g/mol. The first-order valence-corrected chi connectivity index (χ1v) is 12.2. The molecule has 2 aliphatic rings. The molecule has 1 aliphatic carbocycles. The van der Waals surface area contributed by atoms with Crippen LogP contribution in [0.4, 0.5) is 10.5 Å². The molecule has 8 heteroatoms. The van der Waals surface area contributed by atoms with Gasteiger partial charge in [0.25, 0.3) is 5.91 Å². The first-order chi connectivity index (χ1) is 16.4. The van der Waals surface area contributed by atoms with Crippen LogP contribution in [-0.2, 0) is 22.4 Å². The van der Waals surface area contributed by atoms with Crippen LogP contribution in [0.2, 0.25) is 5.02 Å². The topological polar surface area (TPSA) is 78.5 Å². The molecule has 34 heavy (non-hydrogen) atoms. The summed E-state index contributed by atoms with van der Waals surface area (Å²) in [5.74, 6) is -0.771. The Morgan fingerprint density at radius 1 is 1.00 bits per heavy atom. The Labute approximate surface area is 206 Å². The fraction of sp³-hybridized carbons (Fsp3) is 0.192. The largest absolute Gasteiger partial charge is 0.325 e. The molecule has 0 saturated carbocycles. The second kappa shape index (κ2) is 9.16. The average molecular weight is 492 g/mol. The number of carbonyl (C=O) groups is 3. The van der Waals surface area contributed by atoms with Crippen LogP contribution in [0.3, 0.4) is 0 Å². The van der Waals surface area contributed by atoms with Crippen LogP contribution in [0.1, 0.15) is 17.5 Å². The Morgan fingerprint density at radius 2 is 1.71 bits per heavy atom. The molecular formula is C26H22ClN3O3S. The zero-order chi connectivity index (χ0) is 23.7. The molecule has 4 amide bonds. The van der Waals surface area contributed by atoms with Gasteiger partial charge >= 0.3 is 6.03 Å². The highest BCUT2D eigenvalue weighted by molar-refractivity contribution is 7.99. The number of anilines is 1. The van der Waals surface area contributed by atoms with Crippen LogP contribution in [0, 0.1) is 0 Å². The van der Waals surface area contributed by atoms with Gasteiger partial charge in [-0.25, -0.2) is 4.79 Å². The summed E-state index contributed by atoms with van der Waals surface area (Å²) < 4.78 is 0. The van der Waals surface area contributed by atoms with Gasteiger partial charge in [-0.3, -0.25) is 14.5 Å². The summed E-state index contributed by atoms with van der Waals surface area (Å²) in [4.78, 5) is 41.7. The lowest BCUT2D eigenvalue weighted by Crippen LogP contribution is -2.51. The molecule has 3 aromatic rings. The van der Waals surface area contributed by atoms with E-state index in [1.807, 2.05) is 66.7 Å². The normalized spacial score (nSPS) is 19.1. The maximum atomic E-state index is 13.3. The first kappa shape index (κ1) is 22.5. The molecule has 1 spiro atoms. The number of nitrogens with one attached hydrogen (secondary N) is 2. The third-order valence-corrected chi connectivity index (χ3v) is 7.52. The van der Waals surface area contributed by atoms with Crippen molar-refractivity contribution in [1.29, 1.82) is 0 Å². The lowest BCUT2D eigenvalue weighted by Gasteiger charge is -2.32. The highest BCUT2D eigenvalue weighted by atomic mass is 35.5. The zero-order valence-corrected chi connectivity index (χ0v) is 19.8. The number of urea groups is 1. The predicted molar refractivity (Wildman–Crippen MR) is 132 cm³/mol. The van der Waals surface area contributed by atoms with Gasteiger partial charge in [-0.05, 0) is 60.4 Å². The van der Waals surface area contributed by atoms with Crippen molar-refractivity contribution in [2.24, 2.45) is 0 Å². The summed E-state index contributed by atoms with van der Waals surface area (Å²) in [6.07, 6.45) is 1.66. The number of carbonyl (C=O) groups excluding carboxylic acids is 3. The molecule has 1 aliphatic heterocycles. The number of hydrogen-bond donors (Lipinski definition) is 2. The zero-order valence-electron chi connectivity index (χ0n) is 18.2. The second-order valence-electron chi connectivity index (χ2n) is 8.45. The van der Waals surface area contributed by atoms with E-state index in [1.165, 1.54) is 17.3 Å². The summed E-state index contributed by atoms with van der Waals surface area (Å²) in [5, 5.41) is 6.38. The van der Waals surface area contributed by atoms with Crippen LogP contribution in [0.25, 0.3) is 0 Å². The number of amides is 4. The number of para-hydroxylation sites is 1. The van der Waals surface area contributed by atoms with E-state index >= 15 is 0 Å². The Morgan fingerprint density at radius 3 is 2.50 bits per heavy atom. The first-order valence-electron chi connectivity index (χ1n) is 11.0. The number of rotatable bonds is 5. The molecule has 0 aromatic heterocycles. The van der Waals surface area contributed by atoms with Gasteiger partial charge in [0.15, 0.2) is 0 Å². The van der Waals surface area contributed by atoms with Crippen molar-refractivity contribution < 1.29 is 14.4 Å². The summed E-state index contributed by atoms with van der Waals surface area (Å²) >= 11 is 7.45. The molecule has 0 radical (unpaired) electrons. The van der Waals surface area contributed by atoms with Crippen LogP contribution in [0.15, 0.2) is 82.6 Å². The Kier molecular flexibility index (Phi) is 6.06. The number of benzene rings is 3. The van der Waals surface area contributed by atoms with Gasteiger partial charge in [0, 0.05) is 21.2 Å². The molecule has 1 fully saturated rings. The number of halogens is 1. The van der Waals surface area contributed by atoms with Crippen LogP contribution >= 0.6 is 23.4 Å². The van der Waals surface area contributed by atoms with E-state index < -0.39 is 17.5 Å². The average Bonchev–Trinajstić information content (AvgIpc) is 3.05. The third kappa shape index (κ3) is 4.41. The number of nitrogens with zero attached hydrogens (tertiary/aromatic N) is 1. The maximum Gasteiger partial charge on any atom is 0.325 e. The minimum Gasteiger partial charge on any atom is -0.323 e. The highest BCUT2D eigenvalue weighted by Gasteiger charge is 2.52. The summed E-state index contributed by atoms with van der Waals surface area (Å²) in [6, 6.07) is 22.2. The SMILES string of the molecule is O=C(CN1C(=O)NC2(CCc3ccccc3C2)C1=O)Nc1ccccc1Sc1ccc(Cl)cc1. The van der Waals surface area contributed by atoms with Crippen molar-refractivity contribution in [3.8, 4) is 0 Å². The molecule has 1 atom stereocenters. The van der Waals surface area contributed by atoms with Gasteiger partial charge in [-0.1, -0.05) is 59.8 Å². The minimum absolute atomic E-state index is 0.339. The van der Waals surface area contributed by atoms with E-state index in [9.17, 15) is 14.4 Å². The van der Waals surface area contributed by atoms with E-state index in [2.05, 4.69) is 10.6 Å². The lowest BCUT2D eigenvalue weighted by atomic mass is 9.78. The minimum atomic E-state index is -0.978. The number of imide groups is 1. The summed E-state index contributed by atoms with van der Waals surface area (Å²) in [6.45, 7) is -0.339. The van der Waals surface area contributed by atoms with Gasteiger partial charge in [-0.2, -0.15) is 0 Å². The van der Waals surface area contributed by atoms with E-state index in [-0.39, 0.29) is 12.5 Å². The van der Waals surface area contributed by atoms with E-state index in [0.717, 1.165) is 20.3 Å². The molecule has 3 aromatic carbocycles. The molecule has 6 nitrogen and oxygen atoms in total. The molecule has 0 bridgehead atoms. The van der Waals surface area contributed by atoms with Gasteiger partial charge in [0.2, 0.25) is 5.91 Å². The molecular weight excluding hydrogens is 470 g/mol. The van der Waals surface area contributed by atoms with Crippen molar-refractivity contribution in [2.45, 2.75) is 34.6 Å². The van der Waals surface area contributed by atoms with Crippen molar-refractivity contribution in [3.63, 3.8) is 0 Å². The van der Waals surface area contributed by atoms with Crippen LogP contribution < -0.4 is 10.6 Å². The Bertz CT molecular complexity index is 1280. The Hall–Kier alpha value is -3.29. The molecule has 1 unspecified atom stereocenters. The van der Waals surface area contributed by atoms with E-state index in [0.29, 0.717) is 30.0 Å². The number of hydrogen-bond acceptors (Lipinski definition) is 4. The maximum absolute atomic E-state index is 13.3. The molecule has 2 N–H and O–H groups in total. The Balaban J connectivity index is 1.28. The fourth-order valence-corrected chi connectivity index (χ4v) is 5.49. The smallest absolute Gasteiger partial charge is 0.323 e. The summed E-state index contributed by atoms with van der Waals surface area (Å²) in [5.41, 5.74) is 1.89. The van der Waals surface area contributed by atoms with Gasteiger partial charge < -0.3 is 10.6 Å². The van der Waals surface area contributed by atoms with Crippen molar-refractivity contribution in [3.05, 3.63) is 88.9 Å². The fourth-order valence-electron chi connectivity index (χ4n) is 4.47. The van der Waals surface area contributed by atoms with E-state index in [4.69, 9.17) is 11.6 Å². The quantitative estimate of drug-likeness (QED) is 0.497. The van der Waals surface area contributed by atoms with Crippen molar-refractivity contribution in [2.75, 3.05) is 11.9 Å². The molecule has 1 saturated heterocycles. The highest BCUT2D eigenvalue weighted by Crippen LogP contribution is 2.35. The van der Waals surface area contributed by atoms with Gasteiger partial charge in [0.05, 0.1) is 5.69 Å². The van der Waals surface area contributed by atoms with Gasteiger partial charge in [0.1, 0.15) is 12.1 Å². The standard InChI is InChI=1S/C26H22ClN3O3S/c27-19-9-11-20(12-10-19)34-22-8-4-3-7-21(22)28-23(31)16-30-24(32)26(29-25(30)33)14-13-17-5-1-2-6-18(17)15-26/h1-12H,13-16H2,(H,28,31)(H,29,33). The number of aryl methyl sites for hydroxylation is 1.